The molecule has 1 fully saturated rings. The monoisotopic (exact) mass is 230 g/mol. The van der Waals surface area contributed by atoms with Crippen LogP contribution in [0.15, 0.2) is 18.2 Å². The van der Waals surface area contributed by atoms with E-state index in [9.17, 15) is 0 Å². The molecule has 3 rings (SSSR count). The van der Waals surface area contributed by atoms with Crippen molar-refractivity contribution in [2.45, 2.75) is 38.6 Å². The van der Waals surface area contributed by atoms with E-state index >= 15 is 0 Å². The normalized spacial score (nSPS) is 24.4. The summed E-state index contributed by atoms with van der Waals surface area (Å²) in [5.41, 5.74) is 4.25. The van der Waals surface area contributed by atoms with Crippen molar-refractivity contribution >= 4 is 5.69 Å². The van der Waals surface area contributed by atoms with E-state index in [1.807, 2.05) is 0 Å². The van der Waals surface area contributed by atoms with Crippen LogP contribution in [0, 0.1) is 6.92 Å². The molecule has 1 aromatic carbocycles. The molecule has 2 heteroatoms. The number of hydrogen-bond acceptors (Lipinski definition) is 2. The summed E-state index contributed by atoms with van der Waals surface area (Å²) in [4.78, 5) is 2.61. The van der Waals surface area contributed by atoms with Gasteiger partial charge in [-0.15, -0.1) is 0 Å². The second kappa shape index (κ2) is 4.69. The number of hydrogen-bond donors (Lipinski definition) is 1. The molecule has 0 aromatic heterocycles. The van der Waals surface area contributed by atoms with Crippen LogP contribution in [-0.2, 0) is 6.42 Å². The van der Waals surface area contributed by atoms with Crippen LogP contribution in [0.3, 0.4) is 0 Å². The van der Waals surface area contributed by atoms with Gasteiger partial charge in [0.1, 0.15) is 0 Å². The summed E-state index contributed by atoms with van der Waals surface area (Å²) in [5.74, 6) is 0. The average molecular weight is 230 g/mol. The molecule has 92 valence electrons. The summed E-state index contributed by atoms with van der Waals surface area (Å²) in [6, 6.07) is 7.45. The third-order valence-electron chi connectivity index (χ3n) is 4.06. The van der Waals surface area contributed by atoms with E-state index < -0.39 is 0 Å². The number of fused-ring (bicyclic) bond motifs is 1. The molecule has 2 aliphatic rings. The quantitative estimate of drug-likeness (QED) is 0.840. The minimum atomic E-state index is 0.656. The molecule has 2 aliphatic heterocycles. The van der Waals surface area contributed by atoms with Crippen LogP contribution < -0.4 is 5.32 Å². The third-order valence-corrected chi connectivity index (χ3v) is 4.06. The average Bonchev–Trinajstić information content (AvgIpc) is 2.82. The first-order chi connectivity index (χ1) is 8.31. The highest BCUT2D eigenvalue weighted by molar-refractivity contribution is 5.55. The number of likely N-dealkylation sites (tertiary alicyclic amines) is 1. The van der Waals surface area contributed by atoms with Crippen LogP contribution in [-0.4, -0.2) is 30.6 Å². The predicted octanol–water partition coefficient (Wildman–Crippen LogP) is 2.82. The van der Waals surface area contributed by atoms with E-state index in [4.69, 9.17) is 0 Å². The van der Waals surface area contributed by atoms with E-state index in [0.717, 1.165) is 0 Å². The zero-order valence-electron chi connectivity index (χ0n) is 10.7. The Labute approximate surface area is 104 Å². The van der Waals surface area contributed by atoms with Crippen LogP contribution >= 0.6 is 0 Å². The number of benzene rings is 1. The highest BCUT2D eigenvalue weighted by Crippen LogP contribution is 2.26. The predicted molar refractivity (Wildman–Crippen MR) is 72.6 cm³/mol. The molecule has 2 heterocycles. The Morgan fingerprint density at radius 1 is 1.29 bits per heavy atom. The van der Waals surface area contributed by atoms with Crippen LogP contribution in [0.1, 0.15) is 30.4 Å². The van der Waals surface area contributed by atoms with Crippen molar-refractivity contribution in [2.24, 2.45) is 0 Å². The van der Waals surface area contributed by atoms with Crippen molar-refractivity contribution in [3.05, 3.63) is 29.3 Å². The summed E-state index contributed by atoms with van der Waals surface area (Å²) < 4.78 is 0. The van der Waals surface area contributed by atoms with E-state index in [-0.39, 0.29) is 0 Å². The van der Waals surface area contributed by atoms with Crippen molar-refractivity contribution < 1.29 is 0 Å². The van der Waals surface area contributed by atoms with Crippen LogP contribution in [0.4, 0.5) is 5.69 Å². The molecule has 2 nitrogen and oxygen atoms in total. The number of anilines is 1. The van der Waals surface area contributed by atoms with Gasteiger partial charge in [-0.1, -0.05) is 17.7 Å². The lowest BCUT2D eigenvalue weighted by molar-refractivity contribution is 0.314. The Hall–Kier alpha value is -1.02. The third kappa shape index (κ3) is 2.47. The van der Waals surface area contributed by atoms with Crippen molar-refractivity contribution in [3.63, 3.8) is 0 Å². The van der Waals surface area contributed by atoms with Gasteiger partial charge in [0, 0.05) is 18.3 Å². The smallest absolute Gasteiger partial charge is 0.0391 e. The van der Waals surface area contributed by atoms with Crippen LogP contribution in [0.5, 0.6) is 0 Å². The fourth-order valence-corrected chi connectivity index (χ4v) is 3.11. The van der Waals surface area contributed by atoms with Crippen molar-refractivity contribution in [1.82, 2.24) is 4.90 Å². The Kier molecular flexibility index (Phi) is 3.06. The van der Waals surface area contributed by atoms with Gasteiger partial charge in [-0.3, -0.25) is 0 Å². The molecular formula is C15H22N2. The Bertz CT molecular complexity index is 394. The lowest BCUT2D eigenvalue weighted by Gasteiger charge is -2.30. The summed E-state index contributed by atoms with van der Waals surface area (Å²) in [5, 5.41) is 3.71. The molecule has 0 amide bonds. The van der Waals surface area contributed by atoms with Gasteiger partial charge in [0.05, 0.1) is 0 Å². The van der Waals surface area contributed by atoms with Crippen LogP contribution in [0.2, 0.25) is 0 Å². The molecule has 1 saturated heterocycles. The molecule has 0 aliphatic carbocycles. The van der Waals surface area contributed by atoms with Gasteiger partial charge in [-0.2, -0.15) is 0 Å². The number of rotatable bonds is 2. The Morgan fingerprint density at radius 2 is 2.12 bits per heavy atom. The number of aryl methyl sites for hydroxylation is 2. The molecular weight excluding hydrogens is 208 g/mol. The van der Waals surface area contributed by atoms with Gasteiger partial charge in [0.25, 0.3) is 0 Å². The van der Waals surface area contributed by atoms with Crippen molar-refractivity contribution in [1.29, 1.82) is 0 Å². The molecule has 0 radical (unpaired) electrons. The fourth-order valence-electron chi connectivity index (χ4n) is 3.11. The zero-order chi connectivity index (χ0) is 11.7. The minimum absolute atomic E-state index is 0.656. The SMILES string of the molecule is Cc1ccc2c(c1)CCC(CN1CCCC1)N2. The lowest BCUT2D eigenvalue weighted by Crippen LogP contribution is -2.37. The molecule has 17 heavy (non-hydrogen) atoms. The first-order valence-corrected chi connectivity index (χ1v) is 6.90. The van der Waals surface area contributed by atoms with Crippen LogP contribution in [0.25, 0.3) is 0 Å². The van der Waals surface area contributed by atoms with E-state index in [2.05, 4.69) is 35.3 Å². The maximum Gasteiger partial charge on any atom is 0.0391 e. The number of nitrogens with zero attached hydrogens (tertiary/aromatic N) is 1. The van der Waals surface area contributed by atoms with Crippen molar-refractivity contribution in [2.75, 3.05) is 25.0 Å². The fraction of sp³-hybridized carbons (Fsp3) is 0.600. The minimum Gasteiger partial charge on any atom is -0.381 e. The largest absolute Gasteiger partial charge is 0.381 e. The maximum absolute atomic E-state index is 3.71. The number of nitrogens with one attached hydrogen (secondary N) is 1. The van der Waals surface area contributed by atoms with Crippen molar-refractivity contribution in [3.8, 4) is 0 Å². The van der Waals surface area contributed by atoms with E-state index in [1.165, 1.54) is 62.1 Å². The molecule has 1 atom stereocenters. The maximum atomic E-state index is 3.71. The highest BCUT2D eigenvalue weighted by Gasteiger charge is 2.21. The molecule has 0 saturated carbocycles. The molecule has 1 aromatic rings. The van der Waals surface area contributed by atoms with Gasteiger partial charge in [0.2, 0.25) is 0 Å². The first-order valence-electron chi connectivity index (χ1n) is 6.90. The zero-order valence-corrected chi connectivity index (χ0v) is 10.7. The summed E-state index contributed by atoms with van der Waals surface area (Å²) in [6.45, 7) is 6.02. The Balaban J connectivity index is 1.65. The van der Waals surface area contributed by atoms with Gasteiger partial charge in [0.15, 0.2) is 0 Å². The van der Waals surface area contributed by atoms with E-state index in [1.54, 1.807) is 0 Å². The van der Waals surface area contributed by atoms with Gasteiger partial charge in [-0.25, -0.2) is 0 Å². The van der Waals surface area contributed by atoms with Gasteiger partial charge < -0.3 is 10.2 Å². The second-order valence-electron chi connectivity index (χ2n) is 5.55. The standard InChI is InChI=1S/C15H22N2/c1-12-4-7-15-13(10-12)5-6-14(16-15)11-17-8-2-3-9-17/h4,7,10,14,16H,2-3,5-6,8-9,11H2,1H3. The molecule has 1 N–H and O–H groups in total. The first kappa shape index (κ1) is 11.1. The topological polar surface area (TPSA) is 15.3 Å². The van der Waals surface area contributed by atoms with E-state index in [0.29, 0.717) is 6.04 Å². The molecule has 1 unspecified atom stereocenters. The van der Waals surface area contributed by atoms with Gasteiger partial charge >= 0.3 is 0 Å². The summed E-state index contributed by atoms with van der Waals surface area (Å²) in [7, 11) is 0. The Morgan fingerprint density at radius 3 is 2.94 bits per heavy atom. The van der Waals surface area contributed by atoms with Gasteiger partial charge in [-0.05, 0) is 57.3 Å². The lowest BCUT2D eigenvalue weighted by atomic mass is 9.96. The summed E-state index contributed by atoms with van der Waals surface area (Å²) in [6.07, 6.45) is 5.31. The highest BCUT2D eigenvalue weighted by atomic mass is 15.2. The second-order valence-corrected chi connectivity index (χ2v) is 5.55. The molecule has 0 bridgehead atoms. The summed E-state index contributed by atoms with van der Waals surface area (Å²) >= 11 is 0. The molecule has 0 spiro atoms.